The van der Waals surface area contributed by atoms with Gasteiger partial charge >= 0.3 is 6.18 Å². The number of aromatic amines is 1. The predicted octanol–water partition coefficient (Wildman–Crippen LogP) is 5.74. The van der Waals surface area contributed by atoms with E-state index in [1.807, 2.05) is 6.07 Å². The van der Waals surface area contributed by atoms with Crippen LogP contribution in [0.5, 0.6) is 0 Å². The quantitative estimate of drug-likeness (QED) is 0.492. The molecule has 0 amide bonds. The van der Waals surface area contributed by atoms with Crippen molar-refractivity contribution in [1.29, 1.82) is 0 Å². The van der Waals surface area contributed by atoms with Crippen LogP contribution in [-0.4, -0.2) is 15.2 Å². The van der Waals surface area contributed by atoms with Crippen molar-refractivity contribution < 1.29 is 13.2 Å². The highest BCUT2D eigenvalue weighted by Gasteiger charge is 2.34. The molecule has 24 heavy (non-hydrogen) atoms. The van der Waals surface area contributed by atoms with E-state index in [1.165, 1.54) is 14.3 Å². The number of fused-ring (bicyclic) bond motifs is 1. The number of halogens is 3. The minimum absolute atomic E-state index is 0.249. The average Bonchev–Trinajstić information content (AvgIpc) is 3.20. The molecular weight excluding hydrogens is 355 g/mol. The number of nitrogens with zero attached hydrogens (tertiary/aromatic N) is 2. The summed E-state index contributed by atoms with van der Waals surface area (Å²) in [6, 6.07) is 8.84. The Morgan fingerprint density at radius 3 is 2.54 bits per heavy atom. The summed E-state index contributed by atoms with van der Waals surface area (Å²) in [4.78, 5) is 6.48. The van der Waals surface area contributed by atoms with Gasteiger partial charge in [-0.25, -0.2) is 0 Å². The van der Waals surface area contributed by atoms with Gasteiger partial charge in [0, 0.05) is 25.4 Å². The zero-order valence-electron chi connectivity index (χ0n) is 12.3. The van der Waals surface area contributed by atoms with Crippen LogP contribution in [0.1, 0.15) is 10.6 Å². The molecule has 0 aliphatic rings. The topological polar surface area (TPSA) is 41.6 Å². The summed E-state index contributed by atoms with van der Waals surface area (Å²) >= 11 is 3.39. The summed E-state index contributed by atoms with van der Waals surface area (Å²) in [5.74, 6) is 0. The highest BCUT2D eigenvalue weighted by Crippen LogP contribution is 2.38. The van der Waals surface area contributed by atoms with E-state index in [1.54, 1.807) is 34.9 Å². The third-order valence-electron chi connectivity index (χ3n) is 3.52. The molecule has 0 spiro atoms. The first-order chi connectivity index (χ1) is 11.4. The number of pyridine rings is 1. The summed E-state index contributed by atoms with van der Waals surface area (Å²) in [6.07, 6.45) is -2.87. The molecule has 4 heterocycles. The van der Waals surface area contributed by atoms with Gasteiger partial charge in [-0.1, -0.05) is 0 Å². The highest BCUT2D eigenvalue weighted by atomic mass is 32.1. The minimum atomic E-state index is -4.47. The van der Waals surface area contributed by atoms with Crippen LogP contribution in [0, 0.1) is 6.92 Å². The van der Waals surface area contributed by atoms with Crippen LogP contribution in [0.25, 0.3) is 31.2 Å². The maximum absolute atomic E-state index is 12.7. The van der Waals surface area contributed by atoms with E-state index in [9.17, 15) is 13.2 Å². The van der Waals surface area contributed by atoms with Gasteiger partial charge in [-0.15, -0.1) is 22.7 Å². The lowest BCUT2D eigenvalue weighted by Gasteiger charge is -2.01. The maximum Gasteiger partial charge on any atom is 0.435 e. The van der Waals surface area contributed by atoms with E-state index >= 15 is 0 Å². The van der Waals surface area contributed by atoms with E-state index in [4.69, 9.17) is 0 Å². The van der Waals surface area contributed by atoms with Crippen LogP contribution in [-0.2, 0) is 6.18 Å². The summed E-state index contributed by atoms with van der Waals surface area (Å²) in [6.45, 7) is 2.07. The number of thiophene rings is 2. The van der Waals surface area contributed by atoms with E-state index in [-0.39, 0.29) is 5.69 Å². The lowest BCUT2D eigenvalue weighted by Crippen LogP contribution is -2.04. The third-order valence-corrected chi connectivity index (χ3v) is 5.78. The predicted molar refractivity (Wildman–Crippen MR) is 90.3 cm³/mol. The van der Waals surface area contributed by atoms with Crippen molar-refractivity contribution in [2.24, 2.45) is 0 Å². The first-order valence-corrected chi connectivity index (χ1v) is 8.63. The molecule has 4 rings (SSSR count). The maximum atomic E-state index is 12.7. The van der Waals surface area contributed by atoms with Gasteiger partial charge in [0.2, 0.25) is 0 Å². The molecule has 0 fully saturated rings. The number of alkyl halides is 3. The first-order valence-electron chi connectivity index (χ1n) is 6.99. The average molecular weight is 365 g/mol. The molecule has 0 saturated heterocycles. The highest BCUT2D eigenvalue weighted by molar-refractivity contribution is 7.29. The molecule has 0 radical (unpaired) electrons. The minimum Gasteiger partial charge on any atom is -0.276 e. The molecule has 1 N–H and O–H groups in total. The van der Waals surface area contributed by atoms with Crippen molar-refractivity contribution in [2.45, 2.75) is 13.1 Å². The van der Waals surface area contributed by atoms with Crippen molar-refractivity contribution >= 4 is 32.1 Å². The Kier molecular flexibility index (Phi) is 3.47. The smallest absolute Gasteiger partial charge is 0.276 e. The molecule has 4 aromatic heterocycles. The van der Waals surface area contributed by atoms with Gasteiger partial charge in [-0.2, -0.15) is 18.3 Å². The molecule has 0 atom stereocenters. The second-order valence-electron chi connectivity index (χ2n) is 5.29. The fourth-order valence-electron chi connectivity index (χ4n) is 2.43. The second kappa shape index (κ2) is 5.42. The number of nitrogens with one attached hydrogen (secondary N) is 1. The van der Waals surface area contributed by atoms with Crippen LogP contribution in [0.4, 0.5) is 13.2 Å². The number of aryl methyl sites for hydroxylation is 1. The number of hydrogen-bond acceptors (Lipinski definition) is 4. The van der Waals surface area contributed by atoms with Gasteiger partial charge < -0.3 is 0 Å². The normalized spacial score (nSPS) is 12.2. The molecule has 0 aromatic carbocycles. The molecule has 3 nitrogen and oxygen atoms in total. The van der Waals surface area contributed by atoms with Crippen molar-refractivity contribution in [2.75, 3.05) is 0 Å². The molecule has 0 aliphatic heterocycles. The van der Waals surface area contributed by atoms with E-state index < -0.39 is 11.9 Å². The number of H-pyrrole nitrogens is 1. The number of rotatable bonds is 2. The Balaban J connectivity index is 1.73. The Hall–Kier alpha value is -2.19. The van der Waals surface area contributed by atoms with Crippen LogP contribution < -0.4 is 0 Å². The molecular formula is C16H10F3N3S2. The van der Waals surface area contributed by atoms with Crippen LogP contribution in [0.2, 0.25) is 0 Å². The molecule has 0 unspecified atom stereocenters. The fraction of sp³-hybridized carbons (Fsp3) is 0.125. The summed E-state index contributed by atoms with van der Waals surface area (Å²) in [5, 5.41) is 5.73. The zero-order valence-corrected chi connectivity index (χ0v) is 13.9. The van der Waals surface area contributed by atoms with E-state index in [0.29, 0.717) is 5.69 Å². The summed E-state index contributed by atoms with van der Waals surface area (Å²) in [7, 11) is 0. The third kappa shape index (κ3) is 2.71. The molecule has 0 bridgehead atoms. The molecule has 4 aromatic rings. The Bertz CT molecular complexity index is 995. The SMILES string of the molecule is Cc1cc2sc(-c3ccnc(-c4cc(C(F)(F)F)n[nH]4)c3)cc2s1. The van der Waals surface area contributed by atoms with Crippen molar-refractivity contribution in [3.05, 3.63) is 47.1 Å². The van der Waals surface area contributed by atoms with Crippen LogP contribution in [0.15, 0.2) is 36.5 Å². The molecule has 122 valence electrons. The lowest BCUT2D eigenvalue weighted by atomic mass is 10.1. The second-order valence-corrected chi connectivity index (χ2v) is 7.66. The summed E-state index contributed by atoms with van der Waals surface area (Å²) in [5.41, 5.74) is 0.660. The van der Waals surface area contributed by atoms with Gasteiger partial charge in [-0.05, 0) is 42.8 Å². The fourth-order valence-corrected chi connectivity index (χ4v) is 4.74. The Morgan fingerprint density at radius 2 is 1.83 bits per heavy atom. The van der Waals surface area contributed by atoms with Gasteiger partial charge in [0.1, 0.15) is 0 Å². The van der Waals surface area contributed by atoms with Crippen molar-refractivity contribution in [1.82, 2.24) is 15.2 Å². The zero-order chi connectivity index (χ0) is 16.9. The Labute approximate surface area is 142 Å². The van der Waals surface area contributed by atoms with Crippen LogP contribution >= 0.6 is 22.7 Å². The largest absolute Gasteiger partial charge is 0.435 e. The van der Waals surface area contributed by atoms with Gasteiger partial charge in [0.15, 0.2) is 5.69 Å². The first kappa shape index (κ1) is 15.3. The summed E-state index contributed by atoms with van der Waals surface area (Å²) < 4.78 is 40.5. The Morgan fingerprint density at radius 1 is 1.04 bits per heavy atom. The molecule has 0 aliphatic carbocycles. The monoisotopic (exact) mass is 365 g/mol. The lowest BCUT2D eigenvalue weighted by molar-refractivity contribution is -0.141. The number of hydrogen-bond donors (Lipinski definition) is 1. The van der Waals surface area contributed by atoms with Gasteiger partial charge in [-0.3, -0.25) is 10.1 Å². The van der Waals surface area contributed by atoms with Crippen molar-refractivity contribution in [3.63, 3.8) is 0 Å². The number of aromatic nitrogens is 3. The molecule has 0 saturated carbocycles. The van der Waals surface area contributed by atoms with E-state index in [0.717, 1.165) is 16.5 Å². The van der Waals surface area contributed by atoms with E-state index in [2.05, 4.69) is 34.2 Å². The molecule has 8 heteroatoms. The van der Waals surface area contributed by atoms with Gasteiger partial charge in [0.05, 0.1) is 11.4 Å². The van der Waals surface area contributed by atoms with Gasteiger partial charge in [0.25, 0.3) is 0 Å². The van der Waals surface area contributed by atoms with Crippen molar-refractivity contribution in [3.8, 4) is 21.8 Å². The van der Waals surface area contributed by atoms with Crippen LogP contribution in [0.3, 0.4) is 0 Å². The standard InChI is InChI=1S/C16H10F3N3S2/c1-8-4-13-14(23-8)7-12(24-13)9-2-3-20-10(5-9)11-6-15(22-21-11)16(17,18)19/h2-7H,1H3,(H,21,22).